The molecule has 0 aromatic rings. The van der Waals surface area contributed by atoms with Crippen LogP contribution in [-0.4, -0.2) is 30.3 Å². The lowest BCUT2D eigenvalue weighted by atomic mass is 10.2. The average molecular weight is 243 g/mol. The predicted octanol–water partition coefficient (Wildman–Crippen LogP) is 0.769. The first-order chi connectivity index (χ1) is 7.89. The highest BCUT2D eigenvalue weighted by atomic mass is 16.6. The molecule has 4 N–H and O–H groups in total. The van der Waals surface area contributed by atoms with E-state index in [9.17, 15) is 4.79 Å². The fourth-order valence-corrected chi connectivity index (χ4v) is 0.808. The van der Waals surface area contributed by atoms with Crippen molar-refractivity contribution < 1.29 is 9.53 Å². The van der Waals surface area contributed by atoms with Crippen LogP contribution in [0.3, 0.4) is 0 Å². The van der Waals surface area contributed by atoms with Gasteiger partial charge in [0, 0.05) is 12.6 Å². The van der Waals surface area contributed by atoms with Crippen LogP contribution in [0.25, 0.3) is 0 Å². The van der Waals surface area contributed by atoms with E-state index in [0.717, 1.165) is 0 Å². The van der Waals surface area contributed by atoms with Crippen molar-refractivity contribution in [2.75, 3.05) is 6.54 Å². The number of carbonyl (C=O) groups is 1. The average Bonchev–Trinajstić information content (AvgIpc) is 2.21. The molecule has 0 fully saturated rings. The van der Waals surface area contributed by atoms with E-state index in [1.807, 2.05) is 6.92 Å². The molecule has 0 heterocycles. The zero-order chi connectivity index (χ0) is 13.3. The highest BCUT2D eigenvalue weighted by Gasteiger charge is 2.14. The van der Waals surface area contributed by atoms with Crippen molar-refractivity contribution in [1.29, 1.82) is 0 Å². The minimum absolute atomic E-state index is 0.267. The summed E-state index contributed by atoms with van der Waals surface area (Å²) in [6.45, 7) is 7.56. The number of alkyl carbamates (subject to hydrolysis) is 1. The molecule has 0 aromatic heterocycles. The molecule has 98 valence electrons. The third kappa shape index (κ3) is 9.16. The van der Waals surface area contributed by atoms with E-state index >= 15 is 0 Å². The third-order valence-corrected chi connectivity index (χ3v) is 1.51. The van der Waals surface area contributed by atoms with Gasteiger partial charge in [0.1, 0.15) is 11.4 Å². The second kappa shape index (κ2) is 7.48. The number of carbonyl (C=O) groups excluding carboxylic acids is 1. The predicted molar refractivity (Wildman–Crippen MR) is 67.8 cm³/mol. The molecule has 0 atom stereocenters. The van der Waals surface area contributed by atoms with Gasteiger partial charge < -0.3 is 15.9 Å². The van der Waals surface area contributed by atoms with E-state index in [0.29, 0.717) is 12.3 Å². The van der Waals surface area contributed by atoms with Crippen LogP contribution < -0.4 is 16.6 Å². The Hall–Kier alpha value is -1.79. The van der Waals surface area contributed by atoms with Crippen molar-refractivity contribution in [3.63, 3.8) is 0 Å². The molecular weight excluding hydrogens is 222 g/mol. The number of amidine groups is 1. The van der Waals surface area contributed by atoms with E-state index in [1.165, 1.54) is 6.21 Å². The normalized spacial score (nSPS) is 12.6. The summed E-state index contributed by atoms with van der Waals surface area (Å²) in [5, 5.41) is 9.82. The molecule has 0 spiro atoms. The Morgan fingerprint density at radius 3 is 2.59 bits per heavy atom. The van der Waals surface area contributed by atoms with E-state index in [2.05, 4.69) is 20.9 Å². The largest absolute Gasteiger partial charge is 0.444 e. The summed E-state index contributed by atoms with van der Waals surface area (Å²) in [5.74, 6) is 5.65. The van der Waals surface area contributed by atoms with Crippen LogP contribution in [0.4, 0.5) is 4.79 Å². The molecule has 17 heavy (non-hydrogen) atoms. The monoisotopic (exact) mass is 243 g/mol. The van der Waals surface area contributed by atoms with E-state index < -0.39 is 11.7 Å². The molecule has 0 aromatic carbocycles. The van der Waals surface area contributed by atoms with Crippen molar-refractivity contribution >= 4 is 18.1 Å². The minimum Gasteiger partial charge on any atom is -0.444 e. The first-order valence-electron chi connectivity index (χ1n) is 5.40. The Balaban J connectivity index is 3.77. The molecule has 0 rings (SSSR count). The van der Waals surface area contributed by atoms with Crippen molar-refractivity contribution in [3.8, 4) is 0 Å². The van der Waals surface area contributed by atoms with Gasteiger partial charge >= 0.3 is 6.09 Å². The minimum atomic E-state index is -0.499. The molecule has 0 aliphatic heterocycles. The molecule has 0 aliphatic carbocycles. The Morgan fingerprint density at radius 2 is 2.12 bits per heavy atom. The van der Waals surface area contributed by atoms with Gasteiger partial charge in [0.05, 0.1) is 6.54 Å². The highest BCUT2D eigenvalue weighted by molar-refractivity contribution is 5.82. The van der Waals surface area contributed by atoms with Gasteiger partial charge in [-0.3, -0.25) is 5.43 Å². The van der Waals surface area contributed by atoms with Crippen LogP contribution in [0.1, 0.15) is 34.1 Å². The maximum Gasteiger partial charge on any atom is 0.407 e. The zero-order valence-electron chi connectivity index (χ0n) is 10.8. The fraction of sp³-hybridized carbons (Fsp3) is 0.700. The number of nitrogens with one attached hydrogen (secondary N) is 2. The molecule has 1 amide bonds. The van der Waals surface area contributed by atoms with E-state index in [-0.39, 0.29) is 6.54 Å². The van der Waals surface area contributed by atoms with E-state index in [4.69, 9.17) is 10.6 Å². The maximum absolute atomic E-state index is 11.2. The third-order valence-electron chi connectivity index (χ3n) is 1.51. The molecule has 0 saturated carbocycles. The second-order valence-electron chi connectivity index (χ2n) is 4.24. The van der Waals surface area contributed by atoms with Gasteiger partial charge in [-0.1, -0.05) is 6.92 Å². The van der Waals surface area contributed by atoms with Crippen LogP contribution >= 0.6 is 0 Å². The Morgan fingerprint density at radius 1 is 1.47 bits per heavy atom. The molecule has 0 bridgehead atoms. The molecule has 0 radical (unpaired) electrons. The molecule has 7 nitrogen and oxygen atoms in total. The smallest absolute Gasteiger partial charge is 0.407 e. The number of hydrogen-bond donors (Lipinski definition) is 3. The first kappa shape index (κ1) is 15.2. The highest BCUT2D eigenvalue weighted by Crippen LogP contribution is 2.05. The number of ether oxygens (including phenoxy) is 1. The van der Waals surface area contributed by atoms with Crippen LogP contribution in [-0.2, 0) is 4.74 Å². The topological polar surface area (TPSA) is 101 Å². The van der Waals surface area contributed by atoms with Crippen LogP contribution in [0.5, 0.6) is 0 Å². The summed E-state index contributed by atoms with van der Waals surface area (Å²) in [7, 11) is 0. The zero-order valence-corrected chi connectivity index (χ0v) is 10.8. The number of amides is 1. The van der Waals surface area contributed by atoms with Crippen LogP contribution in [0, 0.1) is 0 Å². The summed E-state index contributed by atoms with van der Waals surface area (Å²) in [4.78, 5) is 11.2. The second-order valence-corrected chi connectivity index (χ2v) is 4.24. The maximum atomic E-state index is 11.2. The first-order valence-corrected chi connectivity index (χ1v) is 5.40. The van der Waals surface area contributed by atoms with Crippen molar-refractivity contribution in [2.24, 2.45) is 16.0 Å². The van der Waals surface area contributed by atoms with Crippen molar-refractivity contribution in [2.45, 2.75) is 39.7 Å². The van der Waals surface area contributed by atoms with Gasteiger partial charge in [-0.05, 0) is 20.8 Å². The fourth-order valence-electron chi connectivity index (χ4n) is 0.808. The van der Waals surface area contributed by atoms with E-state index in [1.54, 1.807) is 20.8 Å². The number of hydrogen-bond acceptors (Lipinski definition) is 5. The lowest BCUT2D eigenvalue weighted by molar-refractivity contribution is 0.0536. The summed E-state index contributed by atoms with van der Waals surface area (Å²) >= 11 is 0. The lowest BCUT2D eigenvalue weighted by Crippen LogP contribution is -2.33. The van der Waals surface area contributed by atoms with Gasteiger partial charge in [-0.15, -0.1) is 0 Å². The van der Waals surface area contributed by atoms with Gasteiger partial charge in [-0.25, -0.2) is 4.79 Å². The van der Waals surface area contributed by atoms with Gasteiger partial charge in [0.15, 0.2) is 0 Å². The number of rotatable bonds is 4. The van der Waals surface area contributed by atoms with Crippen molar-refractivity contribution in [3.05, 3.63) is 0 Å². The molecule has 0 aliphatic rings. The summed E-state index contributed by atoms with van der Waals surface area (Å²) < 4.78 is 5.03. The molecule has 7 heteroatoms. The quantitative estimate of drug-likeness (QED) is 0.294. The Labute approximate surface area is 101 Å². The lowest BCUT2D eigenvalue weighted by Gasteiger charge is -2.19. The Kier molecular flexibility index (Phi) is 6.69. The van der Waals surface area contributed by atoms with Gasteiger partial charge in [-0.2, -0.15) is 10.2 Å². The van der Waals surface area contributed by atoms with Crippen molar-refractivity contribution in [1.82, 2.24) is 10.7 Å². The number of nitrogens with zero attached hydrogens (tertiary/aromatic N) is 2. The number of nitrogens with two attached hydrogens (primary N) is 1. The summed E-state index contributed by atoms with van der Waals surface area (Å²) in [5.41, 5.74) is 2.14. The SMILES string of the molecule is CC/C(=N\N)N/N=C/CNC(=O)OC(C)(C)C. The summed E-state index contributed by atoms with van der Waals surface area (Å²) in [6, 6.07) is 0. The summed E-state index contributed by atoms with van der Waals surface area (Å²) in [6.07, 6.45) is 1.67. The van der Waals surface area contributed by atoms with Gasteiger partial charge in [0.25, 0.3) is 0 Å². The standard InChI is InChI=1S/C10H21N5O2/c1-5-8(14-11)15-13-7-6-12-9(16)17-10(2,3)4/h7H,5-6,11H2,1-4H3,(H,12,16)(H,14,15)/b13-7+. The molecule has 0 unspecified atom stereocenters. The molecule has 0 saturated heterocycles. The van der Waals surface area contributed by atoms with Crippen LogP contribution in [0.15, 0.2) is 10.2 Å². The van der Waals surface area contributed by atoms with Gasteiger partial charge in [0.2, 0.25) is 0 Å². The Bertz CT molecular complexity index is 294. The van der Waals surface area contributed by atoms with Crippen LogP contribution in [0.2, 0.25) is 0 Å². The molecular formula is C10H21N5O2. The number of hydrazone groups is 2.